The Kier molecular flexibility index (Phi) is 5.41. The molecule has 0 fully saturated rings. The van der Waals surface area contributed by atoms with Crippen molar-refractivity contribution in [3.63, 3.8) is 0 Å². The average Bonchev–Trinajstić information content (AvgIpc) is 1.95. The van der Waals surface area contributed by atoms with Gasteiger partial charge in [-0.3, -0.25) is 0 Å². The fraction of sp³-hybridized carbons (Fsp3) is 1.00. The summed E-state index contributed by atoms with van der Waals surface area (Å²) in [5.74, 6) is 0. The third-order valence-electron chi connectivity index (χ3n) is 1.99. The van der Waals surface area contributed by atoms with Gasteiger partial charge in [-0.1, -0.05) is 31.7 Å². The molecular weight excluding hydrogens is 158 g/mol. The van der Waals surface area contributed by atoms with Crippen LogP contribution in [0.5, 0.6) is 0 Å². The summed E-state index contributed by atoms with van der Waals surface area (Å²) in [4.78, 5) is -2.12. The first-order chi connectivity index (χ1) is 5.52. The molecule has 0 amide bonds. The molecule has 0 aromatic rings. The van der Waals surface area contributed by atoms with Crippen LogP contribution in [0.4, 0.5) is 0 Å². The maximum Gasteiger partial charge on any atom is 0.152 e. The third kappa shape index (κ3) is 4.66. The Bertz CT molecular complexity index is 111. The Morgan fingerprint density at radius 1 is 1.17 bits per heavy atom. The Morgan fingerprint density at radius 2 is 1.75 bits per heavy atom. The van der Waals surface area contributed by atoms with E-state index in [0.29, 0.717) is 12.8 Å². The number of hydrogen-bond acceptors (Lipinski definition) is 3. The number of unbranched alkanes of at least 4 members (excludes halogenated alkanes) is 1. The molecular formula is C8H19NO3. The summed E-state index contributed by atoms with van der Waals surface area (Å²) in [7, 11) is 0. The Labute approximate surface area is 73.5 Å². The fourth-order valence-corrected chi connectivity index (χ4v) is 1.25. The molecule has 12 heavy (non-hydrogen) atoms. The molecule has 4 nitrogen and oxygen atoms in total. The maximum absolute atomic E-state index is 10.7. The maximum atomic E-state index is 10.7. The summed E-state index contributed by atoms with van der Waals surface area (Å²) in [6, 6.07) is -0.574. The van der Waals surface area contributed by atoms with Gasteiger partial charge in [-0.05, 0) is 6.42 Å². The minimum atomic E-state index is -2.12. The third-order valence-corrected chi connectivity index (χ3v) is 1.99. The summed E-state index contributed by atoms with van der Waals surface area (Å²) < 4.78 is 0. The van der Waals surface area contributed by atoms with Crippen LogP contribution in [0.1, 0.15) is 46.0 Å². The summed E-state index contributed by atoms with van der Waals surface area (Å²) in [5, 5.41) is 28.3. The van der Waals surface area contributed by atoms with Crippen molar-refractivity contribution in [3.8, 4) is 0 Å². The molecule has 1 atom stereocenters. The van der Waals surface area contributed by atoms with Gasteiger partial charge in [0.2, 0.25) is 0 Å². The summed E-state index contributed by atoms with van der Waals surface area (Å²) in [6.45, 7) is 3.94. The molecule has 0 heterocycles. The Hall–Kier alpha value is -0.160. The van der Waals surface area contributed by atoms with Crippen molar-refractivity contribution in [2.24, 2.45) is 0 Å². The van der Waals surface area contributed by atoms with E-state index >= 15 is 0 Å². The second-order valence-corrected chi connectivity index (χ2v) is 3.17. The van der Waals surface area contributed by atoms with E-state index in [1.165, 1.54) is 0 Å². The van der Waals surface area contributed by atoms with Gasteiger partial charge >= 0.3 is 0 Å². The first-order valence-electron chi connectivity index (χ1n) is 4.57. The van der Waals surface area contributed by atoms with Crippen molar-refractivity contribution in [3.05, 3.63) is 5.21 Å². The number of quaternary nitrogens is 1. The highest BCUT2D eigenvalue weighted by molar-refractivity contribution is 4.55. The van der Waals surface area contributed by atoms with Crippen molar-refractivity contribution >= 4 is 0 Å². The van der Waals surface area contributed by atoms with E-state index in [1.807, 2.05) is 13.8 Å². The lowest BCUT2D eigenvalue weighted by Gasteiger charge is -2.32. The minimum Gasteiger partial charge on any atom is -0.564 e. The van der Waals surface area contributed by atoms with Crippen molar-refractivity contribution in [2.45, 2.75) is 52.0 Å². The number of rotatable bonds is 6. The summed E-state index contributed by atoms with van der Waals surface area (Å²) in [5.41, 5.74) is 0. The van der Waals surface area contributed by atoms with Crippen molar-refractivity contribution in [1.29, 1.82) is 0 Å². The molecule has 0 aliphatic heterocycles. The molecule has 2 N–H and O–H groups in total. The zero-order chi connectivity index (χ0) is 9.61. The van der Waals surface area contributed by atoms with E-state index in [1.54, 1.807) is 0 Å². The zero-order valence-electron chi connectivity index (χ0n) is 7.86. The molecule has 0 bridgehead atoms. The standard InChI is InChI=1S/C8H19NO3/c1-3-5-7-8(6-4-2)9(10,11)12/h8,10-11H,3-7H2,1-2H3. The molecule has 0 rings (SSSR count). The molecule has 0 aromatic carbocycles. The van der Waals surface area contributed by atoms with Crippen LogP contribution in [0, 0.1) is 5.21 Å². The van der Waals surface area contributed by atoms with Crippen LogP contribution >= 0.6 is 0 Å². The highest BCUT2D eigenvalue weighted by Gasteiger charge is 2.24. The van der Waals surface area contributed by atoms with Gasteiger partial charge in [0.1, 0.15) is 0 Å². The van der Waals surface area contributed by atoms with E-state index in [0.717, 1.165) is 19.3 Å². The van der Waals surface area contributed by atoms with E-state index < -0.39 is 11.0 Å². The number of nitrogens with zero attached hydrogens (tertiary/aromatic N) is 1. The van der Waals surface area contributed by atoms with Gasteiger partial charge in [-0.2, -0.15) is 10.4 Å². The number of hydrogen-bond donors (Lipinski definition) is 2. The van der Waals surface area contributed by atoms with Gasteiger partial charge < -0.3 is 5.21 Å². The minimum absolute atomic E-state index is 0.566. The highest BCUT2D eigenvalue weighted by Crippen LogP contribution is 2.16. The second-order valence-electron chi connectivity index (χ2n) is 3.17. The van der Waals surface area contributed by atoms with Gasteiger partial charge in [-0.25, -0.2) is 0 Å². The topological polar surface area (TPSA) is 63.5 Å². The van der Waals surface area contributed by atoms with Crippen LogP contribution in [0.3, 0.4) is 0 Å². The molecule has 0 aliphatic carbocycles. The SMILES string of the molecule is CCCCC(CCC)[N+]([O-])(O)O. The molecule has 0 aliphatic rings. The fourth-order valence-electron chi connectivity index (χ4n) is 1.25. The number of hydroxylamine groups is 3. The van der Waals surface area contributed by atoms with Crippen LogP contribution in [0.25, 0.3) is 0 Å². The van der Waals surface area contributed by atoms with E-state index in [4.69, 9.17) is 10.4 Å². The lowest BCUT2D eigenvalue weighted by Crippen LogP contribution is -2.44. The lowest BCUT2D eigenvalue weighted by atomic mass is 10.1. The van der Waals surface area contributed by atoms with Crippen LogP contribution in [0.15, 0.2) is 0 Å². The van der Waals surface area contributed by atoms with Crippen molar-refractivity contribution < 1.29 is 15.4 Å². The molecule has 0 saturated carbocycles. The molecule has 0 radical (unpaired) electrons. The molecule has 74 valence electrons. The van der Waals surface area contributed by atoms with Crippen molar-refractivity contribution in [1.82, 2.24) is 0 Å². The first kappa shape index (κ1) is 11.8. The Balaban J connectivity index is 3.86. The first-order valence-corrected chi connectivity index (χ1v) is 4.57. The predicted molar refractivity (Wildman–Crippen MR) is 45.4 cm³/mol. The van der Waals surface area contributed by atoms with Crippen LogP contribution in [-0.4, -0.2) is 21.4 Å². The largest absolute Gasteiger partial charge is 0.564 e. The predicted octanol–water partition coefficient (Wildman–Crippen LogP) is 2.44. The monoisotopic (exact) mass is 177 g/mol. The van der Waals surface area contributed by atoms with E-state index in [-0.39, 0.29) is 0 Å². The van der Waals surface area contributed by atoms with Crippen LogP contribution in [0.2, 0.25) is 0 Å². The quantitative estimate of drug-likeness (QED) is 0.483. The van der Waals surface area contributed by atoms with Gasteiger partial charge in [0.05, 0.1) is 0 Å². The van der Waals surface area contributed by atoms with E-state index in [2.05, 4.69) is 0 Å². The van der Waals surface area contributed by atoms with Gasteiger partial charge in [0.15, 0.2) is 6.04 Å². The second kappa shape index (κ2) is 5.48. The Morgan fingerprint density at radius 3 is 2.08 bits per heavy atom. The molecule has 0 saturated heterocycles. The smallest absolute Gasteiger partial charge is 0.152 e. The van der Waals surface area contributed by atoms with Gasteiger partial charge in [-0.15, -0.1) is 0 Å². The van der Waals surface area contributed by atoms with Gasteiger partial charge in [0, 0.05) is 12.8 Å². The molecule has 1 unspecified atom stereocenters. The van der Waals surface area contributed by atoms with Gasteiger partial charge in [0.25, 0.3) is 0 Å². The average molecular weight is 177 g/mol. The lowest BCUT2D eigenvalue weighted by molar-refractivity contribution is -1.23. The molecule has 0 aromatic heterocycles. The normalized spacial score (nSPS) is 14.8. The molecule has 0 spiro atoms. The van der Waals surface area contributed by atoms with E-state index in [9.17, 15) is 5.21 Å². The summed E-state index contributed by atoms with van der Waals surface area (Å²) >= 11 is 0. The van der Waals surface area contributed by atoms with Crippen LogP contribution in [-0.2, 0) is 0 Å². The van der Waals surface area contributed by atoms with Crippen molar-refractivity contribution in [2.75, 3.05) is 0 Å². The zero-order valence-corrected chi connectivity index (χ0v) is 7.86. The molecule has 4 heteroatoms. The van der Waals surface area contributed by atoms with Crippen LogP contribution < -0.4 is 0 Å². The highest BCUT2D eigenvalue weighted by atomic mass is 17.1. The summed E-state index contributed by atoms with van der Waals surface area (Å²) in [6.07, 6.45) is 3.79.